The van der Waals surface area contributed by atoms with Crippen LogP contribution in [0.1, 0.15) is 40.5 Å². The van der Waals surface area contributed by atoms with Gasteiger partial charge in [-0.1, -0.05) is 5.16 Å². The summed E-state index contributed by atoms with van der Waals surface area (Å²) < 4.78 is 10.4. The second-order valence-electron chi connectivity index (χ2n) is 4.97. The molecular formula is C15H15N3O3. The number of aryl methyl sites for hydroxylation is 2. The Labute approximate surface area is 121 Å². The fraction of sp³-hybridized carbons (Fsp3) is 0.267. The van der Waals surface area contributed by atoms with E-state index >= 15 is 0 Å². The molecule has 1 amide bonds. The molecule has 0 saturated carbocycles. The van der Waals surface area contributed by atoms with Crippen LogP contribution in [0.5, 0.6) is 0 Å². The van der Waals surface area contributed by atoms with Crippen molar-refractivity contribution >= 4 is 17.0 Å². The summed E-state index contributed by atoms with van der Waals surface area (Å²) in [5, 5.41) is 7.42. The number of carbonyl (C=O) groups is 1. The van der Waals surface area contributed by atoms with Crippen molar-refractivity contribution in [2.24, 2.45) is 0 Å². The Balaban J connectivity index is 1.96. The molecule has 0 saturated heterocycles. The second kappa shape index (κ2) is 5.05. The predicted molar refractivity (Wildman–Crippen MR) is 75.9 cm³/mol. The first-order valence-corrected chi connectivity index (χ1v) is 6.64. The molecule has 1 atom stereocenters. The van der Waals surface area contributed by atoms with Gasteiger partial charge in [-0.25, -0.2) is 4.98 Å². The molecule has 3 aromatic rings. The highest BCUT2D eigenvalue weighted by atomic mass is 16.5. The number of nitrogens with zero attached hydrogens (tertiary/aromatic N) is 2. The van der Waals surface area contributed by atoms with Gasteiger partial charge in [-0.05, 0) is 39.0 Å². The van der Waals surface area contributed by atoms with Gasteiger partial charge >= 0.3 is 0 Å². The molecule has 21 heavy (non-hydrogen) atoms. The van der Waals surface area contributed by atoms with Crippen molar-refractivity contribution in [3.05, 3.63) is 47.2 Å². The van der Waals surface area contributed by atoms with E-state index in [1.807, 2.05) is 19.9 Å². The largest absolute Gasteiger partial charge is 0.467 e. The van der Waals surface area contributed by atoms with Crippen molar-refractivity contribution < 1.29 is 13.7 Å². The maximum atomic E-state index is 12.5. The number of hydrogen-bond donors (Lipinski definition) is 1. The van der Waals surface area contributed by atoms with Crippen LogP contribution in [0.15, 0.2) is 33.4 Å². The molecule has 0 radical (unpaired) electrons. The van der Waals surface area contributed by atoms with Crippen molar-refractivity contribution in [3.8, 4) is 0 Å². The van der Waals surface area contributed by atoms with Gasteiger partial charge < -0.3 is 14.3 Å². The number of amides is 1. The van der Waals surface area contributed by atoms with Crippen molar-refractivity contribution in [1.29, 1.82) is 0 Å². The number of carbonyl (C=O) groups excluding carboxylic acids is 1. The third-order valence-electron chi connectivity index (χ3n) is 3.31. The third-order valence-corrected chi connectivity index (χ3v) is 3.31. The van der Waals surface area contributed by atoms with E-state index in [2.05, 4.69) is 15.5 Å². The molecule has 6 heteroatoms. The molecule has 1 unspecified atom stereocenters. The van der Waals surface area contributed by atoms with E-state index in [0.717, 1.165) is 0 Å². The van der Waals surface area contributed by atoms with Gasteiger partial charge in [-0.15, -0.1) is 0 Å². The minimum atomic E-state index is -0.226. The lowest BCUT2D eigenvalue weighted by Gasteiger charge is -2.12. The van der Waals surface area contributed by atoms with E-state index in [1.165, 1.54) is 0 Å². The van der Waals surface area contributed by atoms with Gasteiger partial charge in [0, 0.05) is 5.69 Å². The lowest BCUT2D eigenvalue weighted by atomic mass is 10.1. The molecule has 0 bridgehead atoms. The molecule has 3 rings (SSSR count). The minimum absolute atomic E-state index is 0.208. The van der Waals surface area contributed by atoms with Gasteiger partial charge in [0.2, 0.25) is 0 Å². The van der Waals surface area contributed by atoms with Gasteiger partial charge in [-0.2, -0.15) is 0 Å². The van der Waals surface area contributed by atoms with Crippen molar-refractivity contribution in [2.75, 3.05) is 0 Å². The first-order valence-electron chi connectivity index (χ1n) is 6.64. The van der Waals surface area contributed by atoms with E-state index in [0.29, 0.717) is 33.8 Å². The Bertz CT molecular complexity index is 790. The molecule has 0 spiro atoms. The molecule has 0 aliphatic heterocycles. The number of aromatic nitrogens is 2. The van der Waals surface area contributed by atoms with Crippen LogP contribution in [-0.2, 0) is 0 Å². The molecule has 0 aliphatic carbocycles. The van der Waals surface area contributed by atoms with Gasteiger partial charge in [0.05, 0.1) is 28.9 Å². The third kappa shape index (κ3) is 2.40. The van der Waals surface area contributed by atoms with Crippen molar-refractivity contribution in [1.82, 2.24) is 15.5 Å². The zero-order valence-electron chi connectivity index (χ0n) is 12.0. The van der Waals surface area contributed by atoms with Crippen LogP contribution in [0, 0.1) is 13.8 Å². The first-order chi connectivity index (χ1) is 10.1. The topological polar surface area (TPSA) is 81.2 Å². The maximum Gasteiger partial charge on any atom is 0.258 e. The number of pyridine rings is 1. The van der Waals surface area contributed by atoms with Gasteiger partial charge in [-0.3, -0.25) is 4.79 Å². The van der Waals surface area contributed by atoms with E-state index in [9.17, 15) is 4.79 Å². The quantitative estimate of drug-likeness (QED) is 0.800. The van der Waals surface area contributed by atoms with Crippen LogP contribution in [0.2, 0.25) is 0 Å². The summed E-state index contributed by atoms with van der Waals surface area (Å²) in [6.07, 6.45) is 1.58. The SMILES string of the molecule is Cc1cc(C(=O)NC(C)c2ccco2)c2c(C)noc2n1. The normalized spacial score (nSPS) is 12.5. The summed E-state index contributed by atoms with van der Waals surface area (Å²) in [6.45, 7) is 5.46. The standard InChI is InChI=1S/C15H15N3O3/c1-8-7-11(13-10(3)18-21-15(13)16-8)14(19)17-9(2)12-5-4-6-20-12/h4-7,9H,1-3H3,(H,17,19). The Morgan fingerprint density at radius 1 is 1.38 bits per heavy atom. The van der Waals surface area contributed by atoms with Crippen molar-refractivity contribution in [2.45, 2.75) is 26.8 Å². The van der Waals surface area contributed by atoms with Crippen LogP contribution in [0.25, 0.3) is 11.1 Å². The summed E-state index contributed by atoms with van der Waals surface area (Å²) >= 11 is 0. The molecular weight excluding hydrogens is 270 g/mol. The summed E-state index contributed by atoms with van der Waals surface area (Å²) in [5.41, 5.74) is 2.24. The molecule has 108 valence electrons. The molecule has 1 N–H and O–H groups in total. The lowest BCUT2D eigenvalue weighted by Crippen LogP contribution is -2.26. The Kier molecular flexibility index (Phi) is 3.21. The lowest BCUT2D eigenvalue weighted by molar-refractivity contribution is 0.0937. The number of nitrogens with one attached hydrogen (secondary N) is 1. The summed E-state index contributed by atoms with van der Waals surface area (Å²) in [7, 11) is 0. The second-order valence-corrected chi connectivity index (χ2v) is 4.97. The average molecular weight is 285 g/mol. The Hall–Kier alpha value is -2.63. The van der Waals surface area contributed by atoms with Gasteiger partial charge in [0.1, 0.15) is 5.76 Å². The average Bonchev–Trinajstić information content (AvgIpc) is 3.08. The Morgan fingerprint density at radius 3 is 2.90 bits per heavy atom. The van der Waals surface area contributed by atoms with E-state index in [4.69, 9.17) is 8.94 Å². The van der Waals surface area contributed by atoms with Gasteiger partial charge in [0.25, 0.3) is 11.6 Å². The molecule has 3 heterocycles. The maximum absolute atomic E-state index is 12.5. The number of hydrogen-bond acceptors (Lipinski definition) is 5. The zero-order chi connectivity index (χ0) is 15.0. The fourth-order valence-corrected chi connectivity index (χ4v) is 2.28. The van der Waals surface area contributed by atoms with E-state index < -0.39 is 0 Å². The number of fused-ring (bicyclic) bond motifs is 1. The Morgan fingerprint density at radius 2 is 2.19 bits per heavy atom. The number of rotatable bonds is 3. The number of furan rings is 1. The smallest absolute Gasteiger partial charge is 0.258 e. The first kappa shape index (κ1) is 13.4. The molecule has 3 aromatic heterocycles. The van der Waals surface area contributed by atoms with Crippen LogP contribution < -0.4 is 5.32 Å². The highest BCUT2D eigenvalue weighted by Crippen LogP contribution is 2.23. The molecule has 0 aromatic carbocycles. The van der Waals surface area contributed by atoms with Gasteiger partial charge in [0.15, 0.2) is 0 Å². The molecule has 0 fully saturated rings. The summed E-state index contributed by atoms with van der Waals surface area (Å²) in [6, 6.07) is 5.12. The van der Waals surface area contributed by atoms with E-state index in [-0.39, 0.29) is 11.9 Å². The minimum Gasteiger partial charge on any atom is -0.467 e. The van der Waals surface area contributed by atoms with Crippen LogP contribution in [0.4, 0.5) is 0 Å². The predicted octanol–water partition coefficient (Wildman–Crippen LogP) is 2.92. The molecule has 6 nitrogen and oxygen atoms in total. The zero-order valence-corrected chi connectivity index (χ0v) is 12.0. The van der Waals surface area contributed by atoms with Crippen LogP contribution in [-0.4, -0.2) is 16.0 Å². The summed E-state index contributed by atoms with van der Waals surface area (Å²) in [4.78, 5) is 16.8. The fourth-order valence-electron chi connectivity index (χ4n) is 2.28. The highest BCUT2D eigenvalue weighted by molar-refractivity contribution is 6.06. The van der Waals surface area contributed by atoms with Crippen molar-refractivity contribution in [3.63, 3.8) is 0 Å². The van der Waals surface area contributed by atoms with E-state index in [1.54, 1.807) is 25.3 Å². The van der Waals surface area contributed by atoms with Crippen LogP contribution >= 0.6 is 0 Å². The monoisotopic (exact) mass is 285 g/mol. The van der Waals surface area contributed by atoms with Crippen LogP contribution in [0.3, 0.4) is 0 Å². The summed E-state index contributed by atoms with van der Waals surface area (Å²) in [5.74, 6) is 0.494. The highest BCUT2D eigenvalue weighted by Gasteiger charge is 2.20. The molecule has 0 aliphatic rings.